The number of piperidine rings is 1. The largest absolute Gasteiger partial charge is 0.452 e. The normalized spacial score (nSPS) is 16.0. The van der Waals surface area contributed by atoms with Gasteiger partial charge in [-0.15, -0.1) is 0 Å². The number of likely N-dealkylation sites (tertiary alicyclic amines) is 1. The molecule has 7 nitrogen and oxygen atoms in total. The average molecular weight is 408 g/mol. The molecule has 2 aromatic rings. The lowest BCUT2D eigenvalue weighted by molar-refractivity contribution is -0.137. The zero-order valence-electron chi connectivity index (χ0n) is 16.8. The predicted octanol–water partition coefficient (Wildman–Crippen LogP) is 2.11. The highest BCUT2D eigenvalue weighted by atomic mass is 16.5. The van der Waals surface area contributed by atoms with Gasteiger partial charge in [-0.3, -0.25) is 14.4 Å². The van der Waals surface area contributed by atoms with Crippen LogP contribution in [-0.4, -0.2) is 48.2 Å². The van der Waals surface area contributed by atoms with Crippen molar-refractivity contribution in [1.29, 1.82) is 0 Å². The molecule has 0 radical (unpaired) electrons. The Morgan fingerprint density at radius 2 is 1.70 bits per heavy atom. The molecule has 2 N–H and O–H groups in total. The Bertz CT molecular complexity index is 968. The number of primary amides is 1. The molecule has 1 fully saturated rings. The molecular weight excluding hydrogens is 384 g/mol. The number of aryl methyl sites for hydroxylation is 1. The van der Waals surface area contributed by atoms with Gasteiger partial charge in [-0.2, -0.15) is 0 Å². The maximum atomic E-state index is 12.8. The minimum absolute atomic E-state index is 0.101. The van der Waals surface area contributed by atoms with E-state index in [1.54, 1.807) is 30.3 Å². The van der Waals surface area contributed by atoms with Crippen LogP contribution in [0, 0.1) is 12.8 Å². The van der Waals surface area contributed by atoms with Gasteiger partial charge in [0.1, 0.15) is 0 Å². The summed E-state index contributed by atoms with van der Waals surface area (Å²) in [4.78, 5) is 50.7. The highest BCUT2D eigenvalue weighted by Gasteiger charge is 2.28. The number of ether oxygens (including phenoxy) is 1. The third-order valence-corrected chi connectivity index (χ3v) is 5.21. The highest BCUT2D eigenvalue weighted by molar-refractivity contribution is 6.14. The molecule has 0 saturated carbocycles. The number of benzene rings is 2. The lowest BCUT2D eigenvalue weighted by Gasteiger charge is -2.31. The number of nitrogens with zero attached hydrogens (tertiary/aromatic N) is 1. The fourth-order valence-corrected chi connectivity index (χ4v) is 3.45. The van der Waals surface area contributed by atoms with Crippen LogP contribution in [0.25, 0.3) is 0 Å². The second kappa shape index (κ2) is 9.35. The molecule has 0 bridgehead atoms. The van der Waals surface area contributed by atoms with E-state index in [0.717, 1.165) is 5.56 Å². The van der Waals surface area contributed by atoms with Crippen molar-refractivity contribution in [2.24, 2.45) is 11.7 Å². The maximum Gasteiger partial charge on any atom is 0.339 e. The zero-order chi connectivity index (χ0) is 21.7. The van der Waals surface area contributed by atoms with E-state index >= 15 is 0 Å². The molecule has 1 atom stereocenters. The van der Waals surface area contributed by atoms with Crippen molar-refractivity contribution in [2.45, 2.75) is 19.8 Å². The van der Waals surface area contributed by atoms with E-state index in [2.05, 4.69) is 0 Å². The lowest BCUT2D eigenvalue weighted by atomic mass is 9.97. The van der Waals surface area contributed by atoms with Gasteiger partial charge < -0.3 is 15.4 Å². The number of rotatable bonds is 6. The molecule has 2 aromatic carbocycles. The van der Waals surface area contributed by atoms with Crippen LogP contribution in [0.2, 0.25) is 0 Å². The minimum atomic E-state index is -0.747. The van der Waals surface area contributed by atoms with Crippen LogP contribution in [0.5, 0.6) is 0 Å². The third-order valence-electron chi connectivity index (χ3n) is 5.21. The van der Waals surface area contributed by atoms with Crippen molar-refractivity contribution in [3.8, 4) is 0 Å². The Balaban J connectivity index is 1.67. The molecule has 2 amide bonds. The van der Waals surface area contributed by atoms with E-state index < -0.39 is 24.4 Å². The zero-order valence-corrected chi connectivity index (χ0v) is 16.8. The topological polar surface area (TPSA) is 107 Å². The van der Waals surface area contributed by atoms with E-state index in [4.69, 9.17) is 10.5 Å². The van der Waals surface area contributed by atoms with E-state index in [-0.39, 0.29) is 29.4 Å². The molecule has 156 valence electrons. The van der Waals surface area contributed by atoms with Crippen LogP contribution >= 0.6 is 0 Å². The Morgan fingerprint density at radius 3 is 2.37 bits per heavy atom. The van der Waals surface area contributed by atoms with Crippen molar-refractivity contribution in [3.63, 3.8) is 0 Å². The van der Waals surface area contributed by atoms with E-state index in [0.29, 0.717) is 24.9 Å². The number of carbonyl (C=O) groups is 4. The summed E-state index contributed by atoms with van der Waals surface area (Å²) >= 11 is 0. The fraction of sp³-hybridized carbons (Fsp3) is 0.304. The van der Waals surface area contributed by atoms with E-state index in [1.165, 1.54) is 11.0 Å². The van der Waals surface area contributed by atoms with Crippen LogP contribution in [0.1, 0.15) is 44.7 Å². The second-order valence-electron chi connectivity index (χ2n) is 7.40. The Kier molecular flexibility index (Phi) is 6.61. The maximum absolute atomic E-state index is 12.8. The van der Waals surface area contributed by atoms with Crippen LogP contribution in [0.4, 0.5) is 0 Å². The predicted molar refractivity (Wildman–Crippen MR) is 110 cm³/mol. The van der Waals surface area contributed by atoms with Gasteiger partial charge in [0.15, 0.2) is 12.4 Å². The highest BCUT2D eigenvalue weighted by Crippen LogP contribution is 2.18. The van der Waals surface area contributed by atoms with Gasteiger partial charge in [0.2, 0.25) is 5.91 Å². The Morgan fingerprint density at radius 1 is 1.03 bits per heavy atom. The van der Waals surface area contributed by atoms with Crippen LogP contribution in [-0.2, 0) is 14.3 Å². The number of ketones is 1. The first kappa shape index (κ1) is 21.2. The summed E-state index contributed by atoms with van der Waals surface area (Å²) in [6.45, 7) is 2.18. The summed E-state index contributed by atoms with van der Waals surface area (Å²) in [5, 5.41) is 0. The smallest absolute Gasteiger partial charge is 0.339 e. The van der Waals surface area contributed by atoms with Gasteiger partial charge in [-0.1, -0.05) is 48.0 Å². The number of hydrogen-bond acceptors (Lipinski definition) is 5. The second-order valence-corrected chi connectivity index (χ2v) is 7.40. The van der Waals surface area contributed by atoms with Gasteiger partial charge in [0.25, 0.3) is 5.91 Å². The first-order valence-corrected chi connectivity index (χ1v) is 9.81. The van der Waals surface area contributed by atoms with Crippen molar-refractivity contribution in [2.75, 3.05) is 19.7 Å². The molecule has 0 aliphatic carbocycles. The van der Waals surface area contributed by atoms with Gasteiger partial charge >= 0.3 is 5.97 Å². The summed E-state index contributed by atoms with van der Waals surface area (Å²) in [6, 6.07) is 13.4. The SMILES string of the molecule is Cc1ccc(C(=O)c2ccccc2C(=O)OCC(=O)N2CCC[C@@H](C(N)=O)C2)cc1. The van der Waals surface area contributed by atoms with Gasteiger partial charge in [0, 0.05) is 24.2 Å². The third kappa shape index (κ3) is 4.92. The summed E-state index contributed by atoms with van der Waals surface area (Å²) in [7, 11) is 0. The quantitative estimate of drug-likeness (QED) is 0.582. The molecule has 1 heterocycles. The van der Waals surface area contributed by atoms with Gasteiger partial charge in [-0.05, 0) is 25.8 Å². The first-order valence-electron chi connectivity index (χ1n) is 9.81. The van der Waals surface area contributed by atoms with Crippen molar-refractivity contribution in [1.82, 2.24) is 4.90 Å². The first-order chi connectivity index (χ1) is 14.4. The molecule has 30 heavy (non-hydrogen) atoms. The molecule has 1 aliphatic heterocycles. The summed E-state index contributed by atoms with van der Waals surface area (Å²) in [5.41, 5.74) is 7.13. The lowest BCUT2D eigenvalue weighted by Crippen LogP contribution is -2.45. The van der Waals surface area contributed by atoms with Crippen LogP contribution < -0.4 is 5.73 Å². The van der Waals surface area contributed by atoms with Crippen molar-refractivity contribution < 1.29 is 23.9 Å². The van der Waals surface area contributed by atoms with Gasteiger partial charge in [-0.25, -0.2) is 4.79 Å². The molecule has 7 heteroatoms. The molecule has 0 spiro atoms. The average Bonchev–Trinajstić information content (AvgIpc) is 2.77. The summed E-state index contributed by atoms with van der Waals surface area (Å²) < 4.78 is 5.19. The van der Waals surface area contributed by atoms with Crippen LogP contribution in [0.15, 0.2) is 48.5 Å². The van der Waals surface area contributed by atoms with Gasteiger partial charge in [0.05, 0.1) is 11.5 Å². The standard InChI is InChI=1S/C23H24N2O5/c1-15-8-10-16(11-9-15)21(27)18-6-2-3-7-19(18)23(29)30-14-20(26)25-12-4-5-17(13-25)22(24)28/h2-3,6-11,17H,4-5,12-14H2,1H3,(H2,24,28)/t17-/m1/s1. The monoisotopic (exact) mass is 408 g/mol. The number of carbonyl (C=O) groups excluding carboxylic acids is 4. The number of hydrogen-bond donors (Lipinski definition) is 1. The van der Waals surface area contributed by atoms with Crippen molar-refractivity contribution >= 4 is 23.6 Å². The van der Waals surface area contributed by atoms with Crippen LogP contribution in [0.3, 0.4) is 0 Å². The van der Waals surface area contributed by atoms with Crippen molar-refractivity contribution in [3.05, 3.63) is 70.8 Å². The molecule has 0 aromatic heterocycles. The molecule has 1 aliphatic rings. The van der Waals surface area contributed by atoms with E-state index in [9.17, 15) is 19.2 Å². The summed E-state index contributed by atoms with van der Waals surface area (Å²) in [6.07, 6.45) is 1.31. The number of amides is 2. The molecule has 3 rings (SSSR count). The summed E-state index contributed by atoms with van der Waals surface area (Å²) in [5.74, 6) is -2.26. The van der Waals surface area contributed by atoms with E-state index in [1.807, 2.05) is 19.1 Å². The molecule has 0 unspecified atom stereocenters. The Hall–Kier alpha value is -3.48. The molecule has 1 saturated heterocycles. The Labute approximate surface area is 174 Å². The molecular formula is C23H24N2O5. The number of esters is 1. The minimum Gasteiger partial charge on any atom is -0.452 e. The fourth-order valence-electron chi connectivity index (χ4n) is 3.45. The number of nitrogens with two attached hydrogens (primary N) is 1.